The number of hydrogen-bond donors (Lipinski definition) is 5. The second-order valence-corrected chi connectivity index (χ2v) is 14.9. The number of carboxylic acid groups (broad SMARTS) is 1. The smallest absolute Gasteiger partial charge is 0.310 e. The molecule has 5 rings (SSSR count). The molecule has 204 valence electrons. The molecule has 0 aliphatic heterocycles. The summed E-state index contributed by atoms with van der Waals surface area (Å²) in [7, 11) is 0. The molecule has 6 heteroatoms. The Hall–Kier alpha value is -0.950. The fourth-order valence-electron chi connectivity index (χ4n) is 10.8. The summed E-state index contributed by atoms with van der Waals surface area (Å²) in [5.74, 6) is -0.459. The van der Waals surface area contributed by atoms with Crippen LogP contribution in [0, 0.1) is 50.2 Å². The van der Waals surface area contributed by atoms with Gasteiger partial charge in [0.25, 0.3) is 0 Å². The summed E-state index contributed by atoms with van der Waals surface area (Å²) in [6, 6.07) is 0. The zero-order valence-corrected chi connectivity index (χ0v) is 22.9. The first-order chi connectivity index (χ1) is 16.7. The largest absolute Gasteiger partial charge is 0.481 e. The minimum absolute atomic E-state index is 0.0496. The van der Waals surface area contributed by atoms with E-state index < -0.39 is 29.0 Å². The monoisotopic (exact) mass is 504 g/mol. The number of aliphatic hydroxyl groups is 4. The minimum atomic E-state index is -1.14. The van der Waals surface area contributed by atoms with Crippen LogP contribution in [-0.2, 0) is 4.79 Å². The molecule has 5 aliphatic rings. The second-order valence-electron chi connectivity index (χ2n) is 14.9. The predicted octanol–water partition coefficient (Wildman–Crippen LogP) is 4.15. The Morgan fingerprint density at radius 3 is 2.17 bits per heavy atom. The third-order valence-electron chi connectivity index (χ3n) is 13.2. The van der Waals surface area contributed by atoms with E-state index >= 15 is 0 Å². The lowest BCUT2D eigenvalue weighted by Crippen LogP contribution is -2.69. The van der Waals surface area contributed by atoms with Gasteiger partial charge in [0.05, 0.1) is 30.8 Å². The summed E-state index contributed by atoms with van der Waals surface area (Å²) in [6.07, 6.45) is 7.36. The van der Waals surface area contributed by atoms with Gasteiger partial charge < -0.3 is 25.5 Å². The van der Waals surface area contributed by atoms with Gasteiger partial charge >= 0.3 is 5.97 Å². The van der Waals surface area contributed by atoms with Gasteiger partial charge in [0.15, 0.2) is 0 Å². The van der Waals surface area contributed by atoms with Crippen molar-refractivity contribution in [1.29, 1.82) is 0 Å². The molecular weight excluding hydrogens is 456 g/mol. The van der Waals surface area contributed by atoms with E-state index in [0.29, 0.717) is 12.8 Å². The maximum atomic E-state index is 12.8. The molecule has 0 radical (unpaired) electrons. The zero-order valence-electron chi connectivity index (χ0n) is 22.9. The van der Waals surface area contributed by atoms with Gasteiger partial charge in [-0.3, -0.25) is 4.79 Å². The van der Waals surface area contributed by atoms with Crippen LogP contribution >= 0.6 is 0 Å². The summed E-state index contributed by atoms with van der Waals surface area (Å²) in [4.78, 5) is 12.8. The number of carbonyl (C=O) groups is 1. The maximum absolute atomic E-state index is 12.8. The van der Waals surface area contributed by atoms with E-state index in [0.717, 1.165) is 44.9 Å². The van der Waals surface area contributed by atoms with Crippen molar-refractivity contribution < 1.29 is 30.3 Å². The molecule has 4 fully saturated rings. The van der Waals surface area contributed by atoms with E-state index in [1.165, 1.54) is 5.57 Å². The molecule has 9 atom stereocenters. The molecule has 0 amide bonds. The first-order valence-electron chi connectivity index (χ1n) is 14.2. The van der Waals surface area contributed by atoms with Crippen molar-refractivity contribution in [2.45, 2.75) is 105 Å². The first-order valence-corrected chi connectivity index (χ1v) is 14.2. The van der Waals surface area contributed by atoms with Crippen LogP contribution in [0.1, 0.15) is 92.4 Å². The second kappa shape index (κ2) is 8.03. The molecule has 0 spiro atoms. The van der Waals surface area contributed by atoms with E-state index in [1.54, 1.807) is 0 Å². The molecule has 6 nitrogen and oxygen atoms in total. The normalized spacial score (nSPS) is 51.1. The average Bonchev–Trinajstić information content (AvgIpc) is 2.80. The molecule has 0 heterocycles. The van der Waals surface area contributed by atoms with E-state index in [-0.39, 0.29) is 52.6 Å². The van der Waals surface area contributed by atoms with Crippen molar-refractivity contribution in [3.8, 4) is 0 Å². The van der Waals surface area contributed by atoms with Gasteiger partial charge in [-0.2, -0.15) is 0 Å². The molecule has 0 aromatic carbocycles. The number of carboxylic acids is 1. The van der Waals surface area contributed by atoms with Crippen LogP contribution in [0.15, 0.2) is 11.6 Å². The van der Waals surface area contributed by atoms with Crippen LogP contribution in [0.25, 0.3) is 0 Å². The van der Waals surface area contributed by atoms with E-state index in [2.05, 4.69) is 40.7 Å². The summed E-state index contributed by atoms with van der Waals surface area (Å²) >= 11 is 0. The van der Waals surface area contributed by atoms with Gasteiger partial charge in [0.2, 0.25) is 0 Å². The Labute approximate surface area is 216 Å². The van der Waals surface area contributed by atoms with Crippen molar-refractivity contribution in [1.82, 2.24) is 0 Å². The third kappa shape index (κ3) is 3.08. The standard InChI is InChI=1S/C30H48O6/c1-25(2)10-12-29(24(35)36)13-11-27(4)18(19(29)14-25)6-7-21-26(3)15-20(33)23(34)30(16-31,17-32)22(26)8-9-28(21,27)5/h6,19-23,31-34H,7-17H2,1-5H3,(H,35,36). The molecule has 5 N–H and O–H groups in total. The summed E-state index contributed by atoms with van der Waals surface area (Å²) < 4.78 is 0. The minimum Gasteiger partial charge on any atom is -0.481 e. The van der Waals surface area contributed by atoms with Crippen LogP contribution < -0.4 is 0 Å². The number of rotatable bonds is 3. The third-order valence-corrected chi connectivity index (χ3v) is 13.2. The number of allylic oxidation sites excluding steroid dienone is 2. The SMILES string of the molecule is CC1(C)CCC2(C(=O)O)CCC3(C)C(=CCC4C5(C)CC(O)C(O)C(CO)(CO)C5CCC43C)C2C1. The molecule has 0 aromatic rings. The molecule has 9 unspecified atom stereocenters. The molecule has 0 saturated heterocycles. The molecule has 36 heavy (non-hydrogen) atoms. The van der Waals surface area contributed by atoms with Crippen molar-refractivity contribution in [2.75, 3.05) is 13.2 Å². The number of aliphatic carboxylic acids is 1. The number of fused-ring (bicyclic) bond motifs is 7. The van der Waals surface area contributed by atoms with Gasteiger partial charge in [0.1, 0.15) is 0 Å². The first kappa shape index (κ1) is 26.6. The topological polar surface area (TPSA) is 118 Å². The summed E-state index contributed by atoms with van der Waals surface area (Å²) in [5.41, 5.74) is -0.881. The molecule has 4 saturated carbocycles. The molecular formula is C30H48O6. The number of hydrogen-bond acceptors (Lipinski definition) is 5. The van der Waals surface area contributed by atoms with Crippen LogP contribution in [0.4, 0.5) is 0 Å². The van der Waals surface area contributed by atoms with E-state index in [1.807, 2.05) is 0 Å². The fraction of sp³-hybridized carbons (Fsp3) is 0.900. The lowest BCUT2D eigenvalue weighted by molar-refractivity contribution is -0.256. The summed E-state index contributed by atoms with van der Waals surface area (Å²) in [6.45, 7) is 10.9. The van der Waals surface area contributed by atoms with E-state index in [9.17, 15) is 30.3 Å². The van der Waals surface area contributed by atoms with Crippen LogP contribution in [-0.4, -0.2) is 56.9 Å². The Bertz CT molecular complexity index is 953. The fourth-order valence-corrected chi connectivity index (χ4v) is 10.8. The Morgan fingerprint density at radius 1 is 0.917 bits per heavy atom. The van der Waals surface area contributed by atoms with E-state index in [4.69, 9.17) is 0 Å². The van der Waals surface area contributed by atoms with Crippen LogP contribution in [0.2, 0.25) is 0 Å². The van der Waals surface area contributed by atoms with Crippen molar-refractivity contribution in [2.24, 2.45) is 50.2 Å². The van der Waals surface area contributed by atoms with Crippen LogP contribution in [0.5, 0.6) is 0 Å². The predicted molar refractivity (Wildman–Crippen MR) is 137 cm³/mol. The van der Waals surface area contributed by atoms with Gasteiger partial charge in [-0.25, -0.2) is 0 Å². The molecule has 5 aliphatic carbocycles. The highest BCUT2D eigenvalue weighted by atomic mass is 16.4. The zero-order chi connectivity index (χ0) is 26.5. The highest BCUT2D eigenvalue weighted by Gasteiger charge is 2.71. The highest BCUT2D eigenvalue weighted by Crippen LogP contribution is 2.75. The Morgan fingerprint density at radius 2 is 1.56 bits per heavy atom. The Kier molecular flexibility index (Phi) is 5.95. The highest BCUT2D eigenvalue weighted by molar-refractivity contribution is 5.76. The number of aliphatic hydroxyl groups excluding tert-OH is 4. The summed E-state index contributed by atoms with van der Waals surface area (Å²) in [5, 5.41) is 53.3. The van der Waals surface area contributed by atoms with Gasteiger partial charge in [-0.05, 0) is 97.2 Å². The van der Waals surface area contributed by atoms with Gasteiger partial charge in [-0.1, -0.05) is 46.3 Å². The van der Waals surface area contributed by atoms with Crippen molar-refractivity contribution >= 4 is 5.97 Å². The molecule has 0 bridgehead atoms. The van der Waals surface area contributed by atoms with Crippen molar-refractivity contribution in [3.63, 3.8) is 0 Å². The van der Waals surface area contributed by atoms with Crippen LogP contribution in [0.3, 0.4) is 0 Å². The lowest BCUT2D eigenvalue weighted by Gasteiger charge is -2.71. The van der Waals surface area contributed by atoms with Gasteiger partial charge in [0, 0.05) is 5.41 Å². The van der Waals surface area contributed by atoms with Gasteiger partial charge in [-0.15, -0.1) is 0 Å². The Balaban J connectivity index is 1.61. The maximum Gasteiger partial charge on any atom is 0.310 e. The quantitative estimate of drug-likeness (QED) is 0.369. The average molecular weight is 505 g/mol. The molecule has 0 aromatic heterocycles. The van der Waals surface area contributed by atoms with Crippen molar-refractivity contribution in [3.05, 3.63) is 11.6 Å². The lowest BCUT2D eigenvalue weighted by atomic mass is 9.33.